The van der Waals surface area contributed by atoms with Gasteiger partial charge in [-0.1, -0.05) is 31.9 Å². The molecule has 4 heteroatoms. The van der Waals surface area contributed by atoms with Crippen LogP contribution in [0.1, 0.15) is 31.9 Å². The van der Waals surface area contributed by atoms with E-state index in [-0.39, 0.29) is 0 Å². The lowest BCUT2D eigenvalue weighted by molar-refractivity contribution is 0.306. The minimum absolute atomic E-state index is 0.791. The van der Waals surface area contributed by atoms with Crippen LogP contribution in [0.5, 0.6) is 5.75 Å². The number of benzene rings is 1. The van der Waals surface area contributed by atoms with E-state index in [0.717, 1.165) is 28.4 Å². The molecule has 0 bridgehead atoms. The molecule has 2 rings (SSSR count). The van der Waals surface area contributed by atoms with Gasteiger partial charge >= 0.3 is 0 Å². The maximum absolute atomic E-state index is 5.79. The number of unbranched alkanes of at least 4 members (excludes halogenated alkanes) is 2. The van der Waals surface area contributed by atoms with Gasteiger partial charge in [0.05, 0.1) is 11.5 Å². The van der Waals surface area contributed by atoms with E-state index in [1.165, 1.54) is 23.3 Å². The standard InChI is InChI=1S/C15H19NOS2/c1-3-4-5-9-17-13-8-6-7-12(10-13)14-11(2)16-15(18)19-14/h6-8,10H,3-5,9H2,1-2H3,(H,16,18). The van der Waals surface area contributed by atoms with Crippen LogP contribution in [0, 0.1) is 10.9 Å². The summed E-state index contributed by atoms with van der Waals surface area (Å²) in [6.45, 7) is 5.04. The summed E-state index contributed by atoms with van der Waals surface area (Å²) in [4.78, 5) is 4.38. The summed E-state index contributed by atoms with van der Waals surface area (Å²) in [6.07, 6.45) is 3.55. The van der Waals surface area contributed by atoms with Crippen LogP contribution in [0.2, 0.25) is 0 Å². The normalized spacial score (nSPS) is 10.6. The Bertz CT molecular complexity index is 586. The summed E-state index contributed by atoms with van der Waals surface area (Å²) < 4.78 is 6.61. The zero-order valence-electron chi connectivity index (χ0n) is 11.4. The van der Waals surface area contributed by atoms with Crippen LogP contribution in [0.25, 0.3) is 10.4 Å². The second-order valence-electron chi connectivity index (χ2n) is 4.55. The molecule has 0 saturated heterocycles. The first-order chi connectivity index (χ1) is 9.20. The molecule has 0 unspecified atom stereocenters. The quantitative estimate of drug-likeness (QED) is 0.573. The number of aromatic amines is 1. The number of nitrogens with one attached hydrogen (secondary N) is 1. The van der Waals surface area contributed by atoms with Gasteiger partial charge in [0.25, 0.3) is 0 Å². The third-order valence-electron chi connectivity index (χ3n) is 2.94. The SMILES string of the molecule is CCCCCOc1cccc(-c2sc(=S)[nH]c2C)c1. The van der Waals surface area contributed by atoms with Crippen molar-refractivity contribution in [1.82, 2.24) is 4.98 Å². The number of aryl methyl sites for hydroxylation is 1. The Kier molecular flexibility index (Phi) is 5.16. The monoisotopic (exact) mass is 293 g/mol. The van der Waals surface area contributed by atoms with E-state index >= 15 is 0 Å². The second-order valence-corrected chi connectivity index (χ2v) is 6.24. The fourth-order valence-electron chi connectivity index (χ4n) is 1.95. The van der Waals surface area contributed by atoms with Gasteiger partial charge < -0.3 is 9.72 Å². The Hall–Kier alpha value is -1.13. The molecular formula is C15H19NOS2. The van der Waals surface area contributed by atoms with Crippen LogP contribution in [0.15, 0.2) is 24.3 Å². The number of hydrogen-bond donors (Lipinski definition) is 1. The van der Waals surface area contributed by atoms with Crippen molar-refractivity contribution >= 4 is 23.6 Å². The minimum atomic E-state index is 0.791. The Balaban J connectivity index is 2.11. The molecule has 0 amide bonds. The first-order valence-corrected chi connectivity index (χ1v) is 7.86. The highest BCUT2D eigenvalue weighted by atomic mass is 32.1. The average Bonchev–Trinajstić information content (AvgIpc) is 2.74. The van der Waals surface area contributed by atoms with Crippen molar-refractivity contribution in [2.24, 2.45) is 0 Å². The molecule has 0 atom stereocenters. The van der Waals surface area contributed by atoms with Crippen molar-refractivity contribution in [3.63, 3.8) is 0 Å². The minimum Gasteiger partial charge on any atom is -0.494 e. The Morgan fingerprint density at radius 1 is 1.32 bits per heavy atom. The molecule has 0 saturated carbocycles. The fraction of sp³-hybridized carbons (Fsp3) is 0.400. The molecule has 0 aliphatic carbocycles. The van der Waals surface area contributed by atoms with Gasteiger partial charge in [-0.25, -0.2) is 0 Å². The number of rotatable bonds is 6. The van der Waals surface area contributed by atoms with Gasteiger partial charge in [0, 0.05) is 5.69 Å². The number of ether oxygens (including phenoxy) is 1. The summed E-state index contributed by atoms with van der Waals surface area (Å²) in [5.74, 6) is 0.937. The van der Waals surface area contributed by atoms with Crippen LogP contribution in [-0.4, -0.2) is 11.6 Å². The zero-order valence-corrected chi connectivity index (χ0v) is 13.0. The van der Waals surface area contributed by atoms with E-state index < -0.39 is 0 Å². The average molecular weight is 293 g/mol. The lowest BCUT2D eigenvalue weighted by Gasteiger charge is -2.07. The van der Waals surface area contributed by atoms with E-state index in [1.54, 1.807) is 11.3 Å². The van der Waals surface area contributed by atoms with Crippen molar-refractivity contribution in [3.8, 4) is 16.2 Å². The Labute approximate surface area is 123 Å². The summed E-state index contributed by atoms with van der Waals surface area (Å²) in [5.41, 5.74) is 2.29. The van der Waals surface area contributed by atoms with Crippen LogP contribution < -0.4 is 4.74 Å². The van der Waals surface area contributed by atoms with Gasteiger partial charge in [0.1, 0.15) is 5.75 Å². The molecule has 2 nitrogen and oxygen atoms in total. The number of hydrogen-bond acceptors (Lipinski definition) is 3. The molecule has 1 aromatic carbocycles. The molecule has 19 heavy (non-hydrogen) atoms. The predicted molar refractivity (Wildman–Crippen MR) is 84.7 cm³/mol. The molecule has 1 N–H and O–H groups in total. The molecule has 0 aliphatic heterocycles. The molecule has 2 aromatic rings. The summed E-state index contributed by atoms with van der Waals surface area (Å²) in [7, 11) is 0. The van der Waals surface area contributed by atoms with Crippen molar-refractivity contribution in [3.05, 3.63) is 33.9 Å². The lowest BCUT2D eigenvalue weighted by Crippen LogP contribution is -1.96. The van der Waals surface area contributed by atoms with E-state index in [9.17, 15) is 0 Å². The molecule has 102 valence electrons. The molecule has 0 fully saturated rings. The van der Waals surface area contributed by atoms with E-state index in [4.69, 9.17) is 17.0 Å². The van der Waals surface area contributed by atoms with Crippen LogP contribution in [0.3, 0.4) is 0 Å². The largest absolute Gasteiger partial charge is 0.494 e. The van der Waals surface area contributed by atoms with Crippen molar-refractivity contribution < 1.29 is 4.74 Å². The molecule has 0 radical (unpaired) electrons. The molecular weight excluding hydrogens is 274 g/mol. The highest BCUT2D eigenvalue weighted by Crippen LogP contribution is 2.30. The van der Waals surface area contributed by atoms with Crippen LogP contribution in [0.4, 0.5) is 0 Å². The van der Waals surface area contributed by atoms with Crippen LogP contribution >= 0.6 is 23.6 Å². The highest BCUT2D eigenvalue weighted by molar-refractivity contribution is 7.73. The highest BCUT2D eigenvalue weighted by Gasteiger charge is 2.06. The summed E-state index contributed by atoms with van der Waals surface area (Å²) in [5, 5.41) is 0. The zero-order chi connectivity index (χ0) is 13.7. The van der Waals surface area contributed by atoms with Gasteiger partial charge in [-0.05, 0) is 43.3 Å². The van der Waals surface area contributed by atoms with Gasteiger partial charge in [-0.3, -0.25) is 0 Å². The van der Waals surface area contributed by atoms with Gasteiger partial charge in [-0.2, -0.15) is 0 Å². The first-order valence-electron chi connectivity index (χ1n) is 6.63. The third-order valence-corrected chi connectivity index (χ3v) is 4.32. The fourth-order valence-corrected chi connectivity index (χ4v) is 3.19. The number of thiazole rings is 1. The lowest BCUT2D eigenvalue weighted by atomic mass is 10.1. The van der Waals surface area contributed by atoms with Crippen molar-refractivity contribution in [2.45, 2.75) is 33.1 Å². The van der Waals surface area contributed by atoms with Crippen molar-refractivity contribution in [2.75, 3.05) is 6.61 Å². The molecule has 1 heterocycles. The van der Waals surface area contributed by atoms with E-state index in [0.29, 0.717) is 0 Å². The third kappa shape index (κ3) is 3.91. The maximum atomic E-state index is 5.79. The van der Waals surface area contributed by atoms with Crippen molar-refractivity contribution in [1.29, 1.82) is 0 Å². The van der Waals surface area contributed by atoms with Gasteiger partial charge in [0.15, 0.2) is 3.95 Å². The predicted octanol–water partition coefficient (Wildman–Crippen LogP) is 5.35. The van der Waals surface area contributed by atoms with Crippen LogP contribution in [-0.2, 0) is 0 Å². The van der Waals surface area contributed by atoms with E-state index in [1.807, 2.05) is 12.1 Å². The molecule has 0 spiro atoms. The summed E-state index contributed by atoms with van der Waals surface area (Å²) in [6, 6.07) is 8.23. The molecule has 0 aliphatic rings. The molecule has 1 aromatic heterocycles. The van der Waals surface area contributed by atoms with Gasteiger partial charge in [0.2, 0.25) is 0 Å². The number of H-pyrrole nitrogens is 1. The topological polar surface area (TPSA) is 25.0 Å². The Morgan fingerprint density at radius 3 is 2.84 bits per heavy atom. The smallest absolute Gasteiger partial charge is 0.159 e. The second kappa shape index (κ2) is 6.87. The Morgan fingerprint density at radius 2 is 2.16 bits per heavy atom. The maximum Gasteiger partial charge on any atom is 0.159 e. The first kappa shape index (κ1) is 14.3. The van der Waals surface area contributed by atoms with E-state index in [2.05, 4.69) is 31.0 Å². The number of aromatic nitrogens is 1. The summed E-state index contributed by atoms with van der Waals surface area (Å²) >= 11 is 6.80. The van der Waals surface area contributed by atoms with Gasteiger partial charge in [-0.15, -0.1) is 11.3 Å².